The first-order chi connectivity index (χ1) is 14.4. The number of carbonyl (C=O) groups excluding carboxylic acids is 2. The number of nitrogens with one attached hydrogen (secondary N) is 1. The number of anilines is 1. The molecule has 3 rings (SSSR count). The van der Waals surface area contributed by atoms with E-state index in [0.717, 1.165) is 17.7 Å². The van der Waals surface area contributed by atoms with Crippen LogP contribution in [0.5, 0.6) is 5.75 Å². The number of amides is 2. The summed E-state index contributed by atoms with van der Waals surface area (Å²) in [4.78, 5) is 29.1. The van der Waals surface area contributed by atoms with Crippen LogP contribution in [0.3, 0.4) is 0 Å². The first kappa shape index (κ1) is 21.8. The fraction of sp³-hybridized carbons (Fsp3) is 0.417. The molecule has 6 nitrogen and oxygen atoms in total. The van der Waals surface area contributed by atoms with Crippen molar-refractivity contribution in [3.05, 3.63) is 59.7 Å². The number of rotatable bonds is 8. The highest BCUT2D eigenvalue weighted by Gasteiger charge is 2.35. The van der Waals surface area contributed by atoms with Gasteiger partial charge in [0, 0.05) is 31.3 Å². The third-order valence-electron chi connectivity index (χ3n) is 5.73. The highest BCUT2D eigenvalue weighted by Crippen LogP contribution is 2.28. The highest BCUT2D eigenvalue weighted by molar-refractivity contribution is 6.00. The van der Waals surface area contributed by atoms with Crippen LogP contribution in [0.1, 0.15) is 30.5 Å². The summed E-state index contributed by atoms with van der Waals surface area (Å²) in [6.07, 6.45) is 1.23. The highest BCUT2D eigenvalue weighted by atomic mass is 16.5. The SMILES string of the molecule is CCc1ccc(C(CNC(=O)C2CC(=O)N(c3cccc(OC)c3)C2)N(C)C)cc1. The number of nitrogens with zero attached hydrogens (tertiary/aromatic N) is 2. The number of aryl methyl sites for hydroxylation is 1. The molecule has 1 N–H and O–H groups in total. The van der Waals surface area contributed by atoms with Gasteiger partial charge in [-0.3, -0.25) is 9.59 Å². The lowest BCUT2D eigenvalue weighted by Crippen LogP contribution is -2.38. The Kier molecular flexibility index (Phi) is 7.11. The van der Waals surface area contributed by atoms with E-state index in [-0.39, 0.29) is 30.2 Å². The predicted molar refractivity (Wildman–Crippen MR) is 119 cm³/mol. The van der Waals surface area contributed by atoms with Gasteiger partial charge in [0.15, 0.2) is 0 Å². The molecule has 1 saturated heterocycles. The number of carbonyl (C=O) groups is 2. The Morgan fingerprint density at radius 3 is 2.60 bits per heavy atom. The van der Waals surface area contributed by atoms with E-state index >= 15 is 0 Å². The summed E-state index contributed by atoms with van der Waals surface area (Å²) < 4.78 is 5.25. The zero-order valence-electron chi connectivity index (χ0n) is 18.2. The molecule has 0 spiro atoms. The van der Waals surface area contributed by atoms with E-state index in [1.165, 1.54) is 5.56 Å². The van der Waals surface area contributed by atoms with Crippen molar-refractivity contribution in [1.82, 2.24) is 10.2 Å². The summed E-state index contributed by atoms with van der Waals surface area (Å²) in [5, 5.41) is 3.06. The summed E-state index contributed by atoms with van der Waals surface area (Å²) in [5.74, 6) is 0.221. The smallest absolute Gasteiger partial charge is 0.227 e. The summed E-state index contributed by atoms with van der Waals surface area (Å²) in [6.45, 7) is 3.02. The number of hydrogen-bond acceptors (Lipinski definition) is 4. The Labute approximate surface area is 178 Å². The third-order valence-corrected chi connectivity index (χ3v) is 5.73. The van der Waals surface area contributed by atoms with Gasteiger partial charge in [0.25, 0.3) is 0 Å². The Morgan fingerprint density at radius 2 is 1.97 bits per heavy atom. The van der Waals surface area contributed by atoms with Crippen LogP contribution < -0.4 is 15.0 Å². The minimum Gasteiger partial charge on any atom is -0.497 e. The predicted octanol–water partition coefficient (Wildman–Crippen LogP) is 3.03. The second-order valence-electron chi connectivity index (χ2n) is 7.93. The van der Waals surface area contributed by atoms with Gasteiger partial charge in [0.1, 0.15) is 5.75 Å². The summed E-state index contributed by atoms with van der Waals surface area (Å²) in [5.41, 5.74) is 3.22. The van der Waals surface area contributed by atoms with Gasteiger partial charge in [-0.1, -0.05) is 37.3 Å². The maximum absolute atomic E-state index is 12.8. The average Bonchev–Trinajstić information content (AvgIpc) is 3.15. The lowest BCUT2D eigenvalue weighted by atomic mass is 10.0. The van der Waals surface area contributed by atoms with E-state index < -0.39 is 0 Å². The van der Waals surface area contributed by atoms with Crippen LogP contribution in [-0.4, -0.2) is 51.0 Å². The Balaban J connectivity index is 1.62. The normalized spacial score (nSPS) is 17.3. The molecule has 0 aliphatic carbocycles. The van der Waals surface area contributed by atoms with Crippen LogP contribution in [0.25, 0.3) is 0 Å². The van der Waals surface area contributed by atoms with Gasteiger partial charge in [0.2, 0.25) is 11.8 Å². The van der Waals surface area contributed by atoms with Crippen molar-refractivity contribution in [2.45, 2.75) is 25.8 Å². The molecule has 0 radical (unpaired) electrons. The monoisotopic (exact) mass is 409 g/mol. The van der Waals surface area contributed by atoms with E-state index in [9.17, 15) is 9.59 Å². The topological polar surface area (TPSA) is 61.9 Å². The van der Waals surface area contributed by atoms with E-state index in [1.807, 2.05) is 38.4 Å². The second-order valence-corrected chi connectivity index (χ2v) is 7.93. The summed E-state index contributed by atoms with van der Waals surface area (Å²) in [7, 11) is 5.61. The molecule has 0 bridgehead atoms. The number of ether oxygens (including phenoxy) is 1. The molecule has 2 aromatic carbocycles. The van der Waals surface area contributed by atoms with Crippen molar-refractivity contribution in [2.24, 2.45) is 5.92 Å². The van der Waals surface area contributed by atoms with Gasteiger partial charge in [-0.25, -0.2) is 0 Å². The van der Waals surface area contributed by atoms with Crippen LogP contribution in [0, 0.1) is 5.92 Å². The third kappa shape index (κ3) is 5.00. The molecule has 30 heavy (non-hydrogen) atoms. The van der Waals surface area contributed by atoms with Crippen molar-refractivity contribution in [1.29, 1.82) is 0 Å². The first-order valence-corrected chi connectivity index (χ1v) is 10.4. The van der Waals surface area contributed by atoms with Crippen molar-refractivity contribution in [3.8, 4) is 5.75 Å². The van der Waals surface area contributed by atoms with Crippen molar-refractivity contribution in [2.75, 3.05) is 39.2 Å². The van der Waals surface area contributed by atoms with E-state index in [0.29, 0.717) is 18.8 Å². The van der Waals surface area contributed by atoms with Crippen LogP contribution in [0.15, 0.2) is 48.5 Å². The van der Waals surface area contributed by atoms with Crippen LogP contribution in [0.4, 0.5) is 5.69 Å². The molecule has 2 aromatic rings. The molecule has 160 valence electrons. The molecular formula is C24H31N3O3. The van der Waals surface area contributed by atoms with Gasteiger partial charge in [-0.05, 0) is 43.8 Å². The van der Waals surface area contributed by atoms with E-state index in [4.69, 9.17) is 4.74 Å². The van der Waals surface area contributed by atoms with Crippen molar-refractivity contribution < 1.29 is 14.3 Å². The summed E-state index contributed by atoms with van der Waals surface area (Å²) in [6, 6.07) is 16.0. The molecular weight excluding hydrogens is 378 g/mol. The maximum atomic E-state index is 12.8. The summed E-state index contributed by atoms with van der Waals surface area (Å²) >= 11 is 0. The minimum atomic E-state index is -0.353. The van der Waals surface area contributed by atoms with Crippen LogP contribution in [-0.2, 0) is 16.0 Å². The Morgan fingerprint density at radius 1 is 1.23 bits per heavy atom. The Bertz CT molecular complexity index is 880. The maximum Gasteiger partial charge on any atom is 0.227 e. The molecule has 1 aliphatic heterocycles. The fourth-order valence-electron chi connectivity index (χ4n) is 3.83. The van der Waals surface area contributed by atoms with Gasteiger partial charge < -0.3 is 19.9 Å². The van der Waals surface area contributed by atoms with E-state index in [2.05, 4.69) is 41.4 Å². The van der Waals surface area contributed by atoms with Crippen molar-refractivity contribution in [3.63, 3.8) is 0 Å². The molecule has 1 aliphatic rings. The van der Waals surface area contributed by atoms with Gasteiger partial charge in [-0.15, -0.1) is 0 Å². The molecule has 2 atom stereocenters. The number of benzene rings is 2. The first-order valence-electron chi connectivity index (χ1n) is 10.4. The minimum absolute atomic E-state index is 0.0392. The second kappa shape index (κ2) is 9.76. The van der Waals surface area contributed by atoms with Crippen LogP contribution in [0.2, 0.25) is 0 Å². The molecule has 0 saturated carbocycles. The lowest BCUT2D eigenvalue weighted by molar-refractivity contribution is -0.126. The molecule has 1 fully saturated rings. The molecule has 6 heteroatoms. The Hall–Kier alpha value is -2.86. The van der Waals surface area contributed by atoms with Crippen LogP contribution >= 0.6 is 0 Å². The molecule has 1 heterocycles. The number of hydrogen-bond donors (Lipinski definition) is 1. The standard InChI is InChI=1S/C24H31N3O3/c1-5-17-9-11-18(12-10-17)22(26(2)3)15-25-24(29)19-13-23(28)27(16-19)20-7-6-8-21(14-20)30-4/h6-12,14,19,22H,5,13,15-16H2,1-4H3,(H,25,29). The zero-order chi connectivity index (χ0) is 21.7. The molecule has 0 aromatic heterocycles. The van der Waals surface area contributed by atoms with E-state index in [1.54, 1.807) is 12.0 Å². The van der Waals surface area contributed by atoms with Gasteiger partial charge in [0.05, 0.1) is 19.1 Å². The largest absolute Gasteiger partial charge is 0.497 e. The quantitative estimate of drug-likeness (QED) is 0.728. The zero-order valence-corrected chi connectivity index (χ0v) is 18.2. The fourth-order valence-corrected chi connectivity index (χ4v) is 3.83. The number of methoxy groups -OCH3 is 1. The van der Waals surface area contributed by atoms with Gasteiger partial charge in [-0.2, -0.15) is 0 Å². The molecule has 2 amide bonds. The van der Waals surface area contributed by atoms with Gasteiger partial charge >= 0.3 is 0 Å². The number of likely N-dealkylation sites (N-methyl/N-ethyl adjacent to an activating group) is 1. The average molecular weight is 410 g/mol. The molecule has 2 unspecified atom stereocenters. The lowest BCUT2D eigenvalue weighted by Gasteiger charge is -2.26. The van der Waals surface area contributed by atoms with Crippen molar-refractivity contribution >= 4 is 17.5 Å².